The van der Waals surface area contributed by atoms with Crippen LogP contribution in [-0.2, 0) is 11.3 Å². The Morgan fingerprint density at radius 1 is 1.20 bits per heavy atom. The Balaban J connectivity index is 2.19. The van der Waals surface area contributed by atoms with E-state index in [0.717, 1.165) is 41.4 Å². The van der Waals surface area contributed by atoms with Crippen molar-refractivity contribution in [3.63, 3.8) is 0 Å². The van der Waals surface area contributed by atoms with Crippen molar-refractivity contribution in [2.45, 2.75) is 27.3 Å². The monoisotopic (exact) mass is 275 g/mol. The normalized spacial score (nSPS) is 11.0. The molecule has 2 heterocycles. The second kappa shape index (κ2) is 6.63. The van der Waals surface area contributed by atoms with Gasteiger partial charge >= 0.3 is 0 Å². The van der Waals surface area contributed by atoms with Crippen LogP contribution in [0.2, 0.25) is 0 Å². The summed E-state index contributed by atoms with van der Waals surface area (Å²) in [5, 5.41) is 3.32. The fourth-order valence-corrected chi connectivity index (χ4v) is 2.09. The Hall–Kier alpha value is -1.72. The van der Waals surface area contributed by atoms with E-state index in [2.05, 4.69) is 15.3 Å². The van der Waals surface area contributed by atoms with Crippen LogP contribution < -0.4 is 5.32 Å². The Morgan fingerprint density at radius 2 is 1.90 bits per heavy atom. The van der Waals surface area contributed by atoms with Crippen LogP contribution in [0.4, 0.5) is 0 Å². The first kappa shape index (κ1) is 14.7. The number of nitrogens with one attached hydrogen (secondary N) is 1. The van der Waals surface area contributed by atoms with Crippen LogP contribution in [0.3, 0.4) is 0 Å². The van der Waals surface area contributed by atoms with Gasteiger partial charge in [-0.15, -0.1) is 0 Å². The second-order valence-electron chi connectivity index (χ2n) is 4.80. The van der Waals surface area contributed by atoms with E-state index in [0.29, 0.717) is 12.4 Å². The second-order valence-corrected chi connectivity index (χ2v) is 4.80. The highest BCUT2D eigenvalue weighted by atomic mass is 16.5. The van der Waals surface area contributed by atoms with Crippen LogP contribution in [0.5, 0.6) is 0 Å². The van der Waals surface area contributed by atoms with Crippen LogP contribution in [0.25, 0.3) is 11.6 Å². The summed E-state index contributed by atoms with van der Waals surface area (Å²) in [5.74, 6) is 1.40. The van der Waals surface area contributed by atoms with Crippen molar-refractivity contribution >= 4 is 0 Å². The van der Waals surface area contributed by atoms with Gasteiger partial charge in [0.2, 0.25) is 0 Å². The van der Waals surface area contributed by atoms with E-state index in [1.165, 1.54) is 0 Å². The third kappa shape index (κ3) is 3.23. The van der Waals surface area contributed by atoms with Crippen molar-refractivity contribution in [3.05, 3.63) is 34.8 Å². The van der Waals surface area contributed by atoms with Gasteiger partial charge in [0.05, 0.1) is 12.9 Å². The molecule has 2 aromatic heterocycles. The maximum atomic E-state index is 5.46. The molecule has 0 saturated carbocycles. The number of hydrogen-bond acceptors (Lipinski definition) is 5. The molecule has 108 valence electrons. The summed E-state index contributed by atoms with van der Waals surface area (Å²) in [6, 6.07) is 1.92. The molecule has 0 saturated heterocycles. The minimum atomic E-state index is 0.656. The zero-order chi connectivity index (χ0) is 14.5. The lowest BCUT2D eigenvalue weighted by molar-refractivity contribution is 0.199. The molecule has 0 radical (unpaired) electrons. The van der Waals surface area contributed by atoms with E-state index in [9.17, 15) is 0 Å². The van der Waals surface area contributed by atoms with Gasteiger partial charge in [-0.05, 0) is 32.4 Å². The van der Waals surface area contributed by atoms with E-state index in [-0.39, 0.29) is 0 Å². The van der Waals surface area contributed by atoms with Gasteiger partial charge in [-0.3, -0.25) is 0 Å². The molecule has 2 aromatic rings. The largest absolute Gasteiger partial charge is 0.461 e. The number of aromatic nitrogens is 2. The average Bonchev–Trinajstić information content (AvgIpc) is 2.83. The number of aryl methyl sites for hydroxylation is 3. The molecule has 1 N–H and O–H groups in total. The zero-order valence-corrected chi connectivity index (χ0v) is 12.5. The van der Waals surface area contributed by atoms with Gasteiger partial charge in [-0.2, -0.15) is 0 Å². The third-order valence-electron chi connectivity index (χ3n) is 3.27. The molecule has 0 aliphatic rings. The third-order valence-corrected chi connectivity index (χ3v) is 3.27. The lowest BCUT2D eigenvalue weighted by Gasteiger charge is -2.11. The molecule has 0 aliphatic heterocycles. The fourth-order valence-electron chi connectivity index (χ4n) is 2.09. The van der Waals surface area contributed by atoms with Gasteiger partial charge in [-0.25, -0.2) is 9.97 Å². The van der Waals surface area contributed by atoms with Crippen molar-refractivity contribution in [1.29, 1.82) is 0 Å². The van der Waals surface area contributed by atoms with Gasteiger partial charge in [0.15, 0.2) is 11.6 Å². The highest BCUT2D eigenvalue weighted by molar-refractivity contribution is 5.53. The van der Waals surface area contributed by atoms with E-state index in [1.807, 2.05) is 26.8 Å². The van der Waals surface area contributed by atoms with Gasteiger partial charge in [0.25, 0.3) is 0 Å². The summed E-state index contributed by atoms with van der Waals surface area (Å²) in [6.45, 7) is 8.26. The lowest BCUT2D eigenvalue weighted by atomic mass is 10.1. The molecule has 5 heteroatoms. The van der Waals surface area contributed by atoms with Crippen LogP contribution in [-0.4, -0.2) is 30.2 Å². The number of methoxy groups -OCH3 is 1. The van der Waals surface area contributed by atoms with E-state index in [1.54, 1.807) is 13.4 Å². The van der Waals surface area contributed by atoms with Crippen LogP contribution in [0, 0.1) is 20.8 Å². The predicted molar refractivity (Wildman–Crippen MR) is 77.5 cm³/mol. The quantitative estimate of drug-likeness (QED) is 0.820. The van der Waals surface area contributed by atoms with Crippen molar-refractivity contribution in [2.24, 2.45) is 0 Å². The van der Waals surface area contributed by atoms with Gasteiger partial charge in [0, 0.05) is 37.2 Å². The molecule has 0 aromatic carbocycles. The number of ether oxygens (including phenoxy) is 1. The number of furan rings is 1. The van der Waals surface area contributed by atoms with E-state index in [4.69, 9.17) is 9.15 Å². The van der Waals surface area contributed by atoms with Crippen molar-refractivity contribution in [2.75, 3.05) is 20.3 Å². The summed E-state index contributed by atoms with van der Waals surface area (Å²) < 4.78 is 10.5. The molecule has 0 spiro atoms. The summed E-state index contributed by atoms with van der Waals surface area (Å²) in [4.78, 5) is 9.12. The molecule has 5 nitrogen and oxygen atoms in total. The van der Waals surface area contributed by atoms with Crippen molar-refractivity contribution in [1.82, 2.24) is 15.3 Å². The van der Waals surface area contributed by atoms with Gasteiger partial charge < -0.3 is 14.5 Å². The standard InChI is InChI=1S/C15H21N3O2/c1-10-5-7-20-14(10)15-17-11(2)13(12(3)18-15)9-16-6-8-19-4/h5,7,16H,6,8-9H2,1-4H3. The van der Waals surface area contributed by atoms with Crippen LogP contribution in [0.15, 0.2) is 16.7 Å². The molecule has 2 rings (SSSR count). The Kier molecular flexibility index (Phi) is 4.87. The molecule has 20 heavy (non-hydrogen) atoms. The molecule has 0 amide bonds. The first-order chi connectivity index (χ1) is 9.63. The highest BCUT2D eigenvalue weighted by Gasteiger charge is 2.13. The SMILES string of the molecule is COCCNCc1c(C)nc(-c2occc2C)nc1C. The summed E-state index contributed by atoms with van der Waals surface area (Å²) in [7, 11) is 1.70. The van der Waals surface area contributed by atoms with E-state index >= 15 is 0 Å². The smallest absolute Gasteiger partial charge is 0.196 e. The highest BCUT2D eigenvalue weighted by Crippen LogP contribution is 2.22. The van der Waals surface area contributed by atoms with Gasteiger partial charge in [0.1, 0.15) is 0 Å². The Labute approximate surface area is 119 Å². The van der Waals surface area contributed by atoms with Crippen molar-refractivity contribution < 1.29 is 9.15 Å². The molecule has 0 unspecified atom stereocenters. The minimum absolute atomic E-state index is 0.656. The topological polar surface area (TPSA) is 60.2 Å². The molecule has 0 aliphatic carbocycles. The Bertz CT molecular complexity index is 555. The summed E-state index contributed by atoms with van der Waals surface area (Å²) in [6.07, 6.45) is 1.67. The predicted octanol–water partition coefficient (Wildman–Crippen LogP) is 2.40. The zero-order valence-electron chi connectivity index (χ0n) is 12.5. The summed E-state index contributed by atoms with van der Waals surface area (Å²) in [5.41, 5.74) is 4.14. The number of nitrogens with zero attached hydrogens (tertiary/aromatic N) is 2. The fraction of sp³-hybridized carbons (Fsp3) is 0.467. The maximum Gasteiger partial charge on any atom is 0.196 e. The van der Waals surface area contributed by atoms with Crippen LogP contribution >= 0.6 is 0 Å². The minimum Gasteiger partial charge on any atom is -0.461 e. The van der Waals surface area contributed by atoms with E-state index < -0.39 is 0 Å². The maximum absolute atomic E-state index is 5.46. The molecular weight excluding hydrogens is 254 g/mol. The number of hydrogen-bond donors (Lipinski definition) is 1. The van der Waals surface area contributed by atoms with Crippen LogP contribution in [0.1, 0.15) is 22.5 Å². The number of rotatable bonds is 6. The first-order valence-corrected chi connectivity index (χ1v) is 6.71. The molecule has 0 atom stereocenters. The van der Waals surface area contributed by atoms with Crippen molar-refractivity contribution in [3.8, 4) is 11.6 Å². The lowest BCUT2D eigenvalue weighted by Crippen LogP contribution is -2.20. The molecular formula is C15H21N3O2. The Morgan fingerprint density at radius 3 is 2.45 bits per heavy atom. The molecule has 0 fully saturated rings. The van der Waals surface area contributed by atoms with Gasteiger partial charge in [-0.1, -0.05) is 0 Å². The summed E-state index contributed by atoms with van der Waals surface area (Å²) >= 11 is 0. The first-order valence-electron chi connectivity index (χ1n) is 6.71. The molecule has 0 bridgehead atoms. The average molecular weight is 275 g/mol.